The summed E-state index contributed by atoms with van der Waals surface area (Å²) in [5.41, 5.74) is 1.16. The van der Waals surface area contributed by atoms with Crippen LogP contribution >= 0.6 is 0 Å². The highest BCUT2D eigenvalue weighted by Crippen LogP contribution is 2.11. The van der Waals surface area contributed by atoms with Crippen molar-refractivity contribution in [3.8, 4) is 5.75 Å². The van der Waals surface area contributed by atoms with Crippen LogP contribution in [0.1, 0.15) is 25.8 Å². The fourth-order valence-corrected chi connectivity index (χ4v) is 1.54. The molecule has 0 aliphatic heterocycles. The van der Waals surface area contributed by atoms with Crippen molar-refractivity contribution in [3.63, 3.8) is 0 Å². The quantitative estimate of drug-likeness (QED) is 0.792. The molecule has 0 aromatic heterocycles. The van der Waals surface area contributed by atoms with Gasteiger partial charge in [-0.1, -0.05) is 17.7 Å². The third kappa shape index (κ3) is 6.78. The monoisotopic (exact) mass is 278 g/mol. The summed E-state index contributed by atoms with van der Waals surface area (Å²) in [6.07, 6.45) is 0.225. The minimum absolute atomic E-state index is 0.00153. The average molecular weight is 278 g/mol. The van der Waals surface area contributed by atoms with Gasteiger partial charge < -0.3 is 15.4 Å². The largest absolute Gasteiger partial charge is 0.493 e. The molecular formula is C15H22N2O3. The number of rotatable bonds is 7. The van der Waals surface area contributed by atoms with Gasteiger partial charge in [0, 0.05) is 6.04 Å². The first-order valence-corrected chi connectivity index (χ1v) is 6.73. The molecule has 1 aromatic carbocycles. The first-order valence-electron chi connectivity index (χ1n) is 6.73. The molecule has 0 aliphatic rings. The molecule has 2 amide bonds. The molecule has 110 valence electrons. The summed E-state index contributed by atoms with van der Waals surface area (Å²) in [7, 11) is 0. The van der Waals surface area contributed by atoms with Gasteiger partial charge in [0.05, 0.1) is 19.6 Å². The van der Waals surface area contributed by atoms with E-state index in [1.165, 1.54) is 0 Å². The van der Waals surface area contributed by atoms with Crippen LogP contribution in [0.4, 0.5) is 0 Å². The Balaban J connectivity index is 2.17. The lowest BCUT2D eigenvalue weighted by molar-refractivity contribution is -0.126. The fraction of sp³-hybridized carbons (Fsp3) is 0.467. The molecule has 0 unspecified atom stereocenters. The van der Waals surface area contributed by atoms with E-state index in [-0.39, 0.29) is 30.8 Å². The summed E-state index contributed by atoms with van der Waals surface area (Å²) < 4.78 is 5.44. The predicted molar refractivity (Wildman–Crippen MR) is 77.6 cm³/mol. The number of hydrogen-bond acceptors (Lipinski definition) is 3. The van der Waals surface area contributed by atoms with Crippen LogP contribution < -0.4 is 15.4 Å². The predicted octanol–water partition coefficient (Wildman–Crippen LogP) is 1.40. The van der Waals surface area contributed by atoms with E-state index in [2.05, 4.69) is 10.6 Å². The molecule has 0 radical (unpaired) electrons. The number of amides is 2. The van der Waals surface area contributed by atoms with Crippen molar-refractivity contribution in [1.82, 2.24) is 10.6 Å². The van der Waals surface area contributed by atoms with Crippen molar-refractivity contribution in [1.29, 1.82) is 0 Å². The number of carbonyl (C=O) groups excluding carboxylic acids is 2. The summed E-state index contributed by atoms with van der Waals surface area (Å²) in [5, 5.41) is 5.25. The number of nitrogens with one attached hydrogen (secondary N) is 2. The van der Waals surface area contributed by atoms with Crippen LogP contribution in [0.2, 0.25) is 0 Å². The molecule has 0 bridgehead atoms. The average Bonchev–Trinajstić information content (AvgIpc) is 2.38. The van der Waals surface area contributed by atoms with Crippen LogP contribution in [0, 0.1) is 6.92 Å². The third-order valence-corrected chi connectivity index (χ3v) is 2.51. The maximum atomic E-state index is 11.5. The van der Waals surface area contributed by atoms with Gasteiger partial charge in [-0.15, -0.1) is 0 Å². The van der Waals surface area contributed by atoms with Gasteiger partial charge in [-0.2, -0.15) is 0 Å². The lowest BCUT2D eigenvalue weighted by atomic mass is 10.2. The SMILES string of the molecule is Cc1ccc(OCCC(=O)NCC(=O)NC(C)C)cc1. The summed E-state index contributed by atoms with van der Waals surface area (Å²) in [5.74, 6) is 0.352. The molecule has 0 saturated carbocycles. The van der Waals surface area contributed by atoms with Crippen molar-refractivity contribution in [2.24, 2.45) is 0 Å². The van der Waals surface area contributed by atoms with Gasteiger partial charge >= 0.3 is 0 Å². The Hall–Kier alpha value is -2.04. The minimum Gasteiger partial charge on any atom is -0.493 e. The number of carbonyl (C=O) groups is 2. The second-order valence-corrected chi connectivity index (χ2v) is 4.91. The zero-order valence-electron chi connectivity index (χ0n) is 12.2. The van der Waals surface area contributed by atoms with Gasteiger partial charge in [0.1, 0.15) is 5.75 Å². The molecule has 0 fully saturated rings. The molecule has 0 heterocycles. The highest BCUT2D eigenvalue weighted by atomic mass is 16.5. The normalized spacial score (nSPS) is 10.2. The Morgan fingerprint density at radius 1 is 1.15 bits per heavy atom. The van der Waals surface area contributed by atoms with Crippen molar-refractivity contribution >= 4 is 11.8 Å². The number of ether oxygens (including phenoxy) is 1. The van der Waals surface area contributed by atoms with E-state index in [1.54, 1.807) is 0 Å². The fourth-order valence-electron chi connectivity index (χ4n) is 1.54. The van der Waals surface area contributed by atoms with Gasteiger partial charge in [0.25, 0.3) is 0 Å². The second-order valence-electron chi connectivity index (χ2n) is 4.91. The standard InChI is InChI=1S/C15H22N2O3/c1-11(2)17-15(19)10-16-14(18)8-9-20-13-6-4-12(3)5-7-13/h4-7,11H,8-10H2,1-3H3,(H,16,18)(H,17,19). The van der Waals surface area contributed by atoms with Gasteiger partial charge in [-0.25, -0.2) is 0 Å². The van der Waals surface area contributed by atoms with E-state index < -0.39 is 0 Å². The Kier molecular flexibility index (Phi) is 6.56. The van der Waals surface area contributed by atoms with Crippen LogP contribution in [-0.4, -0.2) is 31.0 Å². The first-order chi connectivity index (χ1) is 9.47. The van der Waals surface area contributed by atoms with Crippen LogP contribution in [-0.2, 0) is 9.59 Å². The summed E-state index contributed by atoms with van der Waals surface area (Å²) >= 11 is 0. The lowest BCUT2D eigenvalue weighted by Crippen LogP contribution is -2.40. The highest BCUT2D eigenvalue weighted by molar-refractivity contribution is 5.84. The van der Waals surface area contributed by atoms with Gasteiger partial charge in [0.2, 0.25) is 11.8 Å². The molecule has 5 nitrogen and oxygen atoms in total. The van der Waals surface area contributed by atoms with Gasteiger partial charge in [0.15, 0.2) is 0 Å². The van der Waals surface area contributed by atoms with Crippen LogP contribution in [0.15, 0.2) is 24.3 Å². The molecule has 1 aromatic rings. The Labute approximate surface area is 119 Å². The molecule has 2 N–H and O–H groups in total. The summed E-state index contributed by atoms with van der Waals surface area (Å²) in [6, 6.07) is 7.70. The van der Waals surface area contributed by atoms with Crippen molar-refractivity contribution in [3.05, 3.63) is 29.8 Å². The third-order valence-electron chi connectivity index (χ3n) is 2.51. The topological polar surface area (TPSA) is 67.4 Å². The zero-order chi connectivity index (χ0) is 15.0. The Morgan fingerprint density at radius 3 is 2.40 bits per heavy atom. The zero-order valence-corrected chi connectivity index (χ0v) is 12.2. The van der Waals surface area contributed by atoms with E-state index in [0.717, 1.165) is 11.3 Å². The Bertz CT molecular complexity index is 441. The Morgan fingerprint density at radius 2 is 1.80 bits per heavy atom. The van der Waals surface area contributed by atoms with Crippen LogP contribution in [0.3, 0.4) is 0 Å². The second kappa shape index (κ2) is 8.19. The molecule has 0 atom stereocenters. The van der Waals surface area contributed by atoms with Crippen molar-refractivity contribution < 1.29 is 14.3 Å². The summed E-state index contributed by atoms with van der Waals surface area (Å²) in [6.45, 7) is 6.03. The van der Waals surface area contributed by atoms with Crippen LogP contribution in [0.5, 0.6) is 5.75 Å². The van der Waals surface area contributed by atoms with E-state index >= 15 is 0 Å². The maximum Gasteiger partial charge on any atom is 0.239 e. The molecule has 0 aliphatic carbocycles. The van der Waals surface area contributed by atoms with Crippen molar-refractivity contribution in [2.45, 2.75) is 33.2 Å². The smallest absolute Gasteiger partial charge is 0.239 e. The maximum absolute atomic E-state index is 11.5. The van der Waals surface area contributed by atoms with Crippen molar-refractivity contribution in [2.75, 3.05) is 13.2 Å². The number of hydrogen-bond donors (Lipinski definition) is 2. The highest BCUT2D eigenvalue weighted by Gasteiger charge is 2.06. The molecule has 0 spiro atoms. The molecule has 5 heteroatoms. The number of benzene rings is 1. The molecule has 0 saturated heterocycles. The van der Waals surface area contributed by atoms with Crippen LogP contribution in [0.25, 0.3) is 0 Å². The van der Waals surface area contributed by atoms with E-state index in [1.807, 2.05) is 45.0 Å². The van der Waals surface area contributed by atoms with Gasteiger partial charge in [-0.3, -0.25) is 9.59 Å². The van der Waals surface area contributed by atoms with E-state index in [0.29, 0.717) is 6.61 Å². The van der Waals surface area contributed by atoms with E-state index in [9.17, 15) is 9.59 Å². The minimum atomic E-state index is -0.198. The van der Waals surface area contributed by atoms with E-state index in [4.69, 9.17) is 4.74 Å². The summed E-state index contributed by atoms with van der Waals surface area (Å²) in [4.78, 5) is 22.8. The van der Waals surface area contributed by atoms with Gasteiger partial charge in [-0.05, 0) is 32.9 Å². The molecule has 20 heavy (non-hydrogen) atoms. The molecular weight excluding hydrogens is 256 g/mol. The molecule has 1 rings (SSSR count). The number of aryl methyl sites for hydroxylation is 1. The lowest BCUT2D eigenvalue weighted by Gasteiger charge is -2.10. The first kappa shape index (κ1) is 16.0.